The molecule has 0 saturated heterocycles. The van der Waals surface area contributed by atoms with Gasteiger partial charge in [0.25, 0.3) is 5.91 Å². The quantitative estimate of drug-likeness (QED) is 0.616. The predicted molar refractivity (Wildman–Crippen MR) is 108 cm³/mol. The summed E-state index contributed by atoms with van der Waals surface area (Å²) in [5.41, 5.74) is 1.44. The number of aromatic nitrogens is 2. The molecule has 0 bridgehead atoms. The molecule has 144 valence electrons. The van der Waals surface area contributed by atoms with Crippen LogP contribution in [0.25, 0.3) is 0 Å². The number of ether oxygens (including phenoxy) is 1. The number of benzene rings is 2. The van der Waals surface area contributed by atoms with E-state index in [0.29, 0.717) is 15.7 Å². The highest BCUT2D eigenvalue weighted by Gasteiger charge is 2.14. The molecule has 0 unspecified atom stereocenters. The number of anilines is 1. The van der Waals surface area contributed by atoms with Crippen molar-refractivity contribution >= 4 is 40.4 Å². The minimum absolute atomic E-state index is 0.148. The second-order valence-corrected chi connectivity index (χ2v) is 7.27. The summed E-state index contributed by atoms with van der Waals surface area (Å²) >= 11 is 7.02. The van der Waals surface area contributed by atoms with Gasteiger partial charge in [0.05, 0.1) is 20.1 Å². The number of hydrogen-bond donors (Lipinski definition) is 2. The number of nitrogens with zero attached hydrogens (tertiary/aromatic N) is 2. The summed E-state index contributed by atoms with van der Waals surface area (Å²) in [7, 11) is 1.59. The lowest BCUT2D eigenvalue weighted by Crippen LogP contribution is -2.24. The molecule has 3 aromatic rings. The van der Waals surface area contributed by atoms with E-state index in [1.165, 1.54) is 0 Å². The van der Waals surface area contributed by atoms with Crippen LogP contribution in [0.4, 0.5) is 5.69 Å². The van der Waals surface area contributed by atoms with Gasteiger partial charge in [-0.1, -0.05) is 41.1 Å². The summed E-state index contributed by atoms with van der Waals surface area (Å²) in [4.78, 5) is 24.3. The fourth-order valence-electron chi connectivity index (χ4n) is 2.33. The molecule has 28 heavy (non-hydrogen) atoms. The lowest BCUT2D eigenvalue weighted by atomic mass is 10.1. The molecule has 0 aliphatic carbocycles. The Morgan fingerprint density at radius 2 is 1.93 bits per heavy atom. The number of hydrogen-bond acceptors (Lipinski definition) is 6. The molecule has 0 radical (unpaired) electrons. The summed E-state index contributed by atoms with van der Waals surface area (Å²) < 4.78 is 5.09. The molecule has 7 nitrogen and oxygen atoms in total. The van der Waals surface area contributed by atoms with E-state index in [1.54, 1.807) is 43.5 Å². The van der Waals surface area contributed by atoms with Crippen molar-refractivity contribution in [2.24, 2.45) is 0 Å². The molecular weight excluding hydrogens is 400 g/mol. The van der Waals surface area contributed by atoms with Gasteiger partial charge in [0.15, 0.2) is 0 Å². The first-order valence-corrected chi connectivity index (χ1v) is 9.52. The van der Waals surface area contributed by atoms with Crippen molar-refractivity contribution in [1.82, 2.24) is 15.5 Å². The Bertz CT molecular complexity index is 975. The number of carbonyl (C=O) groups is 2. The molecule has 3 rings (SSSR count). The SMILES string of the molecule is COc1ccc(CC(=O)NCc2nnc(C(=O)Nc3cccc(Cl)c3)s2)cc1. The molecule has 1 heterocycles. The third-order valence-corrected chi connectivity index (χ3v) is 4.86. The molecule has 2 amide bonds. The Morgan fingerprint density at radius 1 is 1.14 bits per heavy atom. The number of halogens is 1. The molecule has 0 spiro atoms. The van der Waals surface area contributed by atoms with Crippen LogP contribution < -0.4 is 15.4 Å². The average molecular weight is 417 g/mol. The van der Waals surface area contributed by atoms with Crippen molar-refractivity contribution < 1.29 is 14.3 Å². The lowest BCUT2D eigenvalue weighted by Gasteiger charge is -2.04. The molecule has 0 aliphatic heterocycles. The molecule has 1 aromatic heterocycles. The zero-order chi connectivity index (χ0) is 19.9. The van der Waals surface area contributed by atoms with E-state index in [4.69, 9.17) is 16.3 Å². The van der Waals surface area contributed by atoms with Crippen LogP contribution in [0, 0.1) is 0 Å². The standard InChI is InChI=1S/C19H17ClN4O3S/c1-27-15-7-5-12(6-8-15)9-16(25)21-11-17-23-24-19(28-17)18(26)22-14-4-2-3-13(20)10-14/h2-8,10H,9,11H2,1H3,(H,21,25)(H,22,26). The molecule has 9 heteroatoms. The van der Waals surface area contributed by atoms with Crippen molar-refractivity contribution in [2.45, 2.75) is 13.0 Å². The van der Waals surface area contributed by atoms with E-state index in [1.807, 2.05) is 12.1 Å². The van der Waals surface area contributed by atoms with Crippen molar-refractivity contribution in [2.75, 3.05) is 12.4 Å². The summed E-state index contributed by atoms with van der Waals surface area (Å²) in [6, 6.07) is 14.1. The minimum Gasteiger partial charge on any atom is -0.497 e. The fourth-order valence-corrected chi connectivity index (χ4v) is 3.20. The van der Waals surface area contributed by atoms with Gasteiger partial charge in [0.2, 0.25) is 10.9 Å². The highest BCUT2D eigenvalue weighted by atomic mass is 35.5. The van der Waals surface area contributed by atoms with Crippen molar-refractivity contribution in [3.63, 3.8) is 0 Å². The van der Waals surface area contributed by atoms with Crippen LogP contribution in [0.15, 0.2) is 48.5 Å². The topological polar surface area (TPSA) is 93.2 Å². The second-order valence-electron chi connectivity index (χ2n) is 5.77. The Hall–Kier alpha value is -2.97. The summed E-state index contributed by atoms with van der Waals surface area (Å²) in [5, 5.41) is 14.6. The van der Waals surface area contributed by atoms with Crippen LogP contribution in [-0.2, 0) is 17.8 Å². The normalized spacial score (nSPS) is 10.4. The van der Waals surface area contributed by atoms with Crippen molar-refractivity contribution in [3.8, 4) is 5.75 Å². The Kier molecular flexibility index (Phi) is 6.57. The molecule has 0 fully saturated rings. The van der Waals surface area contributed by atoms with Gasteiger partial charge in [-0.25, -0.2) is 0 Å². The minimum atomic E-state index is -0.379. The second kappa shape index (κ2) is 9.29. The van der Waals surface area contributed by atoms with Crippen LogP contribution >= 0.6 is 22.9 Å². The Morgan fingerprint density at radius 3 is 2.64 bits per heavy atom. The van der Waals surface area contributed by atoms with Crippen molar-refractivity contribution in [3.05, 3.63) is 69.1 Å². The number of methoxy groups -OCH3 is 1. The zero-order valence-electron chi connectivity index (χ0n) is 14.9. The highest BCUT2D eigenvalue weighted by Crippen LogP contribution is 2.17. The van der Waals surface area contributed by atoms with E-state index in [2.05, 4.69) is 20.8 Å². The van der Waals surface area contributed by atoms with E-state index < -0.39 is 0 Å². The first kappa shape index (κ1) is 19.8. The third-order valence-electron chi connectivity index (χ3n) is 3.70. The van der Waals surface area contributed by atoms with Gasteiger partial charge >= 0.3 is 0 Å². The largest absolute Gasteiger partial charge is 0.497 e. The van der Waals surface area contributed by atoms with Gasteiger partial charge in [-0.05, 0) is 35.9 Å². The molecular formula is C19H17ClN4O3S. The summed E-state index contributed by atoms with van der Waals surface area (Å²) in [6.07, 6.45) is 0.241. The van der Waals surface area contributed by atoms with Gasteiger partial charge in [-0.3, -0.25) is 9.59 Å². The average Bonchev–Trinajstić information content (AvgIpc) is 3.16. The summed E-state index contributed by atoms with van der Waals surface area (Å²) in [5.74, 6) is 0.211. The predicted octanol–water partition coefficient (Wildman–Crippen LogP) is 3.31. The molecule has 2 N–H and O–H groups in total. The van der Waals surface area contributed by atoms with Crippen LogP contribution in [0.1, 0.15) is 20.4 Å². The highest BCUT2D eigenvalue weighted by molar-refractivity contribution is 7.13. The molecule has 0 saturated carbocycles. The third kappa shape index (κ3) is 5.51. The lowest BCUT2D eigenvalue weighted by molar-refractivity contribution is -0.120. The van der Waals surface area contributed by atoms with Crippen LogP contribution in [0.3, 0.4) is 0 Å². The fraction of sp³-hybridized carbons (Fsp3) is 0.158. The summed E-state index contributed by atoms with van der Waals surface area (Å²) in [6.45, 7) is 0.205. The van der Waals surface area contributed by atoms with Gasteiger partial charge < -0.3 is 15.4 Å². The number of rotatable bonds is 7. The van der Waals surface area contributed by atoms with Gasteiger partial charge in [0, 0.05) is 10.7 Å². The van der Waals surface area contributed by atoms with Crippen molar-refractivity contribution in [1.29, 1.82) is 0 Å². The first-order valence-electron chi connectivity index (χ1n) is 8.32. The molecule has 2 aromatic carbocycles. The monoisotopic (exact) mass is 416 g/mol. The maximum absolute atomic E-state index is 12.2. The number of nitrogens with one attached hydrogen (secondary N) is 2. The van der Waals surface area contributed by atoms with Crippen LogP contribution in [0.2, 0.25) is 5.02 Å². The molecule has 0 atom stereocenters. The van der Waals surface area contributed by atoms with E-state index in [-0.39, 0.29) is 29.8 Å². The zero-order valence-corrected chi connectivity index (χ0v) is 16.5. The number of amides is 2. The van der Waals surface area contributed by atoms with E-state index in [9.17, 15) is 9.59 Å². The first-order chi connectivity index (χ1) is 13.5. The van der Waals surface area contributed by atoms with Crippen LogP contribution in [0.5, 0.6) is 5.75 Å². The molecule has 0 aliphatic rings. The Labute approximate surface area is 170 Å². The van der Waals surface area contributed by atoms with Gasteiger partial charge in [-0.15, -0.1) is 10.2 Å². The Balaban J connectivity index is 1.51. The van der Waals surface area contributed by atoms with Gasteiger partial charge in [-0.2, -0.15) is 0 Å². The maximum atomic E-state index is 12.2. The van der Waals surface area contributed by atoms with Gasteiger partial charge in [0.1, 0.15) is 10.8 Å². The number of carbonyl (C=O) groups excluding carboxylic acids is 2. The smallest absolute Gasteiger partial charge is 0.286 e. The van der Waals surface area contributed by atoms with E-state index >= 15 is 0 Å². The maximum Gasteiger partial charge on any atom is 0.286 e. The van der Waals surface area contributed by atoms with E-state index in [0.717, 1.165) is 22.6 Å². The van der Waals surface area contributed by atoms with Crippen LogP contribution in [-0.4, -0.2) is 29.1 Å².